The van der Waals surface area contributed by atoms with E-state index in [1.807, 2.05) is 18.3 Å². The summed E-state index contributed by atoms with van der Waals surface area (Å²) in [6.07, 6.45) is 5.31. The number of carbonyl (C=O) groups is 1. The van der Waals surface area contributed by atoms with E-state index in [2.05, 4.69) is 45.9 Å². The number of amides is 1. The first kappa shape index (κ1) is 20.9. The first-order valence-corrected chi connectivity index (χ1v) is 10.3. The molecular weight excluding hydrogens is 366 g/mol. The van der Waals surface area contributed by atoms with Crippen LogP contribution in [0.25, 0.3) is 0 Å². The van der Waals surface area contributed by atoms with E-state index in [1.165, 1.54) is 6.20 Å². The molecule has 0 atom stereocenters. The van der Waals surface area contributed by atoms with Gasteiger partial charge in [0.2, 0.25) is 5.91 Å². The van der Waals surface area contributed by atoms with Crippen LogP contribution in [0.3, 0.4) is 0 Å². The van der Waals surface area contributed by atoms with E-state index in [0.29, 0.717) is 17.5 Å². The summed E-state index contributed by atoms with van der Waals surface area (Å²) in [6.45, 7) is 12.1. The molecule has 0 bridgehead atoms. The molecule has 2 aliphatic heterocycles. The van der Waals surface area contributed by atoms with E-state index >= 15 is 0 Å². The molecule has 2 aliphatic rings. The highest BCUT2D eigenvalue weighted by atomic mass is 16.2. The quantitative estimate of drug-likeness (QED) is 0.651. The van der Waals surface area contributed by atoms with Gasteiger partial charge in [-0.2, -0.15) is 0 Å². The third-order valence-electron chi connectivity index (χ3n) is 5.38. The maximum Gasteiger partial charge on any atom is 0.233 e. The van der Waals surface area contributed by atoms with Gasteiger partial charge >= 0.3 is 0 Å². The molecule has 4 N–H and O–H groups in total. The normalized spacial score (nSPS) is 20.2. The maximum atomic E-state index is 12.5. The Morgan fingerprint density at radius 2 is 2.10 bits per heavy atom. The Morgan fingerprint density at radius 3 is 2.69 bits per heavy atom. The van der Waals surface area contributed by atoms with Crippen molar-refractivity contribution in [2.24, 2.45) is 10.7 Å². The lowest BCUT2D eigenvalue weighted by atomic mass is 10.1. The van der Waals surface area contributed by atoms with Crippen molar-refractivity contribution in [3.63, 3.8) is 0 Å². The van der Waals surface area contributed by atoms with Gasteiger partial charge in [0.1, 0.15) is 17.5 Å². The summed E-state index contributed by atoms with van der Waals surface area (Å²) in [5.74, 6) is 1.70. The lowest BCUT2D eigenvalue weighted by molar-refractivity contribution is -0.127. The molecule has 0 spiro atoms. The van der Waals surface area contributed by atoms with Gasteiger partial charge in [0.25, 0.3) is 0 Å². The van der Waals surface area contributed by atoms with Crippen LogP contribution in [0.4, 0.5) is 11.5 Å². The molecule has 1 aromatic rings. The van der Waals surface area contributed by atoms with E-state index in [0.717, 1.165) is 50.3 Å². The van der Waals surface area contributed by atoms with Crippen molar-refractivity contribution in [2.45, 2.75) is 39.2 Å². The number of aromatic nitrogens is 1. The summed E-state index contributed by atoms with van der Waals surface area (Å²) in [4.78, 5) is 25.7. The van der Waals surface area contributed by atoms with Crippen LogP contribution in [0, 0.1) is 0 Å². The van der Waals surface area contributed by atoms with E-state index in [4.69, 9.17) is 5.73 Å². The zero-order chi connectivity index (χ0) is 20.8. The second-order valence-electron chi connectivity index (χ2n) is 7.25. The van der Waals surface area contributed by atoms with Crippen LogP contribution in [0.2, 0.25) is 0 Å². The molecule has 0 aliphatic carbocycles. The lowest BCUT2D eigenvalue weighted by Crippen LogP contribution is -2.43. The van der Waals surface area contributed by atoms with Crippen LogP contribution >= 0.6 is 0 Å². The van der Waals surface area contributed by atoms with Crippen LogP contribution in [0.1, 0.15) is 33.1 Å². The van der Waals surface area contributed by atoms with Crippen LogP contribution in [-0.2, 0) is 4.79 Å². The third kappa shape index (κ3) is 4.76. The number of nitrogens with one attached hydrogen (secondary N) is 2. The summed E-state index contributed by atoms with van der Waals surface area (Å²) in [5, 5.41) is 6.47. The molecule has 0 radical (unpaired) electrons. The van der Waals surface area contributed by atoms with Gasteiger partial charge in [-0.1, -0.05) is 20.4 Å². The second kappa shape index (κ2) is 9.56. The minimum absolute atomic E-state index is 0.0282. The van der Waals surface area contributed by atoms with Crippen LogP contribution in [-0.4, -0.2) is 53.8 Å². The predicted octanol–water partition coefficient (Wildman–Crippen LogP) is 2.04. The smallest absolute Gasteiger partial charge is 0.233 e. The van der Waals surface area contributed by atoms with Crippen molar-refractivity contribution < 1.29 is 4.79 Å². The Kier molecular flexibility index (Phi) is 6.87. The number of hydrogen-bond acceptors (Lipinski definition) is 7. The standard InChI is InChI=1S/C21H31N7O/c1-4-17(5-2)28-20(29)12-16(13-22)21(28)26-15(3)25-19-7-6-18(14-24-19)27-10-8-23-9-11-27/h6-7,13-14,17,23H,3-5,8-12,22H2,1-2H3,(H,24,25)/b16-13-,26-21?. The van der Waals surface area contributed by atoms with Crippen molar-refractivity contribution in [3.05, 3.63) is 42.5 Å². The number of piperazine rings is 1. The van der Waals surface area contributed by atoms with Crippen LogP contribution in [0.15, 0.2) is 47.5 Å². The number of aliphatic imine (C=N–C) groups is 1. The van der Waals surface area contributed by atoms with Crippen LogP contribution in [0.5, 0.6) is 0 Å². The van der Waals surface area contributed by atoms with Gasteiger partial charge in [0, 0.05) is 44.0 Å². The first-order chi connectivity index (χ1) is 14.1. The van der Waals surface area contributed by atoms with Gasteiger partial charge in [-0.25, -0.2) is 9.98 Å². The van der Waals surface area contributed by atoms with Gasteiger partial charge in [-0.05, 0) is 25.0 Å². The van der Waals surface area contributed by atoms with Gasteiger partial charge in [0.05, 0.1) is 18.3 Å². The molecule has 0 aromatic carbocycles. The van der Waals surface area contributed by atoms with Gasteiger partial charge in [-0.15, -0.1) is 0 Å². The van der Waals surface area contributed by atoms with E-state index in [9.17, 15) is 4.79 Å². The molecule has 2 fully saturated rings. The van der Waals surface area contributed by atoms with Crippen molar-refractivity contribution in [3.8, 4) is 0 Å². The number of amidine groups is 1. The number of nitrogens with two attached hydrogens (primary N) is 1. The third-order valence-corrected chi connectivity index (χ3v) is 5.38. The highest BCUT2D eigenvalue weighted by molar-refractivity contribution is 6.16. The zero-order valence-corrected chi connectivity index (χ0v) is 17.3. The van der Waals surface area contributed by atoms with Gasteiger partial charge in [-0.3, -0.25) is 9.69 Å². The molecule has 156 valence electrons. The average molecular weight is 398 g/mol. The number of likely N-dealkylation sites (tertiary alicyclic amines) is 1. The molecule has 0 saturated carbocycles. The predicted molar refractivity (Wildman–Crippen MR) is 118 cm³/mol. The Balaban J connectivity index is 1.73. The summed E-state index contributed by atoms with van der Waals surface area (Å²) >= 11 is 0. The summed E-state index contributed by atoms with van der Waals surface area (Å²) in [6, 6.07) is 4.06. The SMILES string of the molecule is C=C(N=C1/C(=C\N)CC(=O)N1C(CC)CC)Nc1ccc(N2CCNCC2)cn1. The summed E-state index contributed by atoms with van der Waals surface area (Å²) < 4.78 is 0. The number of carbonyl (C=O) groups excluding carboxylic acids is 1. The minimum Gasteiger partial charge on any atom is -0.404 e. The number of hydrogen-bond donors (Lipinski definition) is 3. The molecule has 3 heterocycles. The van der Waals surface area contributed by atoms with E-state index in [-0.39, 0.29) is 18.4 Å². The zero-order valence-electron chi connectivity index (χ0n) is 17.3. The Labute approximate surface area is 172 Å². The first-order valence-electron chi connectivity index (χ1n) is 10.3. The van der Waals surface area contributed by atoms with E-state index in [1.54, 1.807) is 4.90 Å². The fraction of sp³-hybridized carbons (Fsp3) is 0.476. The Hall–Kier alpha value is -2.87. The Morgan fingerprint density at radius 1 is 1.38 bits per heavy atom. The van der Waals surface area contributed by atoms with E-state index < -0.39 is 0 Å². The Bertz CT molecular complexity index is 790. The lowest BCUT2D eigenvalue weighted by Gasteiger charge is -2.29. The second-order valence-corrected chi connectivity index (χ2v) is 7.25. The summed E-state index contributed by atoms with van der Waals surface area (Å²) in [5.41, 5.74) is 7.58. The molecule has 1 amide bonds. The fourth-order valence-corrected chi connectivity index (χ4v) is 3.76. The maximum absolute atomic E-state index is 12.5. The average Bonchev–Trinajstić information content (AvgIpc) is 3.05. The van der Waals surface area contributed by atoms with Crippen molar-refractivity contribution in [1.82, 2.24) is 15.2 Å². The number of anilines is 2. The minimum atomic E-state index is 0.0282. The molecule has 29 heavy (non-hydrogen) atoms. The molecule has 8 nitrogen and oxygen atoms in total. The topological polar surface area (TPSA) is 98.9 Å². The number of nitrogens with zero attached hydrogens (tertiary/aromatic N) is 4. The molecule has 8 heteroatoms. The van der Waals surface area contributed by atoms with Gasteiger partial charge < -0.3 is 21.3 Å². The largest absolute Gasteiger partial charge is 0.404 e. The monoisotopic (exact) mass is 397 g/mol. The molecule has 1 aromatic heterocycles. The fourth-order valence-electron chi connectivity index (χ4n) is 3.76. The highest BCUT2D eigenvalue weighted by Gasteiger charge is 2.35. The molecule has 2 saturated heterocycles. The molecule has 0 unspecified atom stereocenters. The number of rotatable bonds is 7. The van der Waals surface area contributed by atoms with Gasteiger partial charge in [0.15, 0.2) is 0 Å². The van der Waals surface area contributed by atoms with Crippen molar-refractivity contribution in [2.75, 3.05) is 36.4 Å². The molecular formula is C21H31N7O. The van der Waals surface area contributed by atoms with Crippen molar-refractivity contribution >= 4 is 23.2 Å². The highest BCUT2D eigenvalue weighted by Crippen LogP contribution is 2.26. The van der Waals surface area contributed by atoms with Crippen molar-refractivity contribution in [1.29, 1.82) is 0 Å². The van der Waals surface area contributed by atoms with Crippen LogP contribution < -0.4 is 21.3 Å². The summed E-state index contributed by atoms with van der Waals surface area (Å²) in [7, 11) is 0. The molecule has 3 rings (SSSR count). The number of pyridine rings is 1.